The van der Waals surface area contributed by atoms with E-state index in [2.05, 4.69) is 14.8 Å². The first kappa shape index (κ1) is 19.6. The fourth-order valence-corrected chi connectivity index (χ4v) is 4.22. The lowest BCUT2D eigenvalue weighted by atomic mass is 9.92. The molecule has 0 unspecified atom stereocenters. The van der Waals surface area contributed by atoms with E-state index < -0.39 is 0 Å². The average molecular weight is 387 g/mol. The van der Waals surface area contributed by atoms with E-state index in [1.807, 2.05) is 6.07 Å². The second kappa shape index (κ2) is 9.63. The third kappa shape index (κ3) is 5.40. The third-order valence-electron chi connectivity index (χ3n) is 5.91. The SMILES string of the molecule is Fc1cccc(-c2nc(CN3CCC(CCCN4CCOCC4)CC3)co2)c1. The maximum absolute atomic E-state index is 13.4. The molecule has 0 aliphatic carbocycles. The van der Waals surface area contributed by atoms with Gasteiger partial charge in [0.05, 0.1) is 18.9 Å². The van der Waals surface area contributed by atoms with E-state index in [0.29, 0.717) is 11.5 Å². The van der Waals surface area contributed by atoms with Gasteiger partial charge in [-0.2, -0.15) is 0 Å². The van der Waals surface area contributed by atoms with Crippen molar-refractivity contribution in [1.82, 2.24) is 14.8 Å². The van der Waals surface area contributed by atoms with Crippen molar-refractivity contribution in [2.24, 2.45) is 5.92 Å². The normalized spacial score (nSPS) is 19.9. The van der Waals surface area contributed by atoms with Gasteiger partial charge in [-0.05, 0) is 69.4 Å². The summed E-state index contributed by atoms with van der Waals surface area (Å²) < 4.78 is 24.4. The Kier molecular flexibility index (Phi) is 6.73. The molecular weight excluding hydrogens is 357 g/mol. The van der Waals surface area contributed by atoms with Crippen LogP contribution in [0.5, 0.6) is 0 Å². The first-order chi connectivity index (χ1) is 13.8. The number of piperidine rings is 1. The molecule has 5 nitrogen and oxygen atoms in total. The molecule has 0 atom stereocenters. The number of ether oxygens (including phenoxy) is 1. The maximum Gasteiger partial charge on any atom is 0.226 e. The molecule has 2 saturated heterocycles. The molecule has 0 N–H and O–H groups in total. The standard InChI is InChI=1S/C22H30FN3O2/c23-20-5-1-4-19(15-20)22-24-21(17-28-22)16-26-9-6-18(7-10-26)3-2-8-25-11-13-27-14-12-25/h1,4-5,15,17-18H,2-3,6-14,16H2. The van der Waals surface area contributed by atoms with Gasteiger partial charge >= 0.3 is 0 Å². The molecule has 1 aromatic carbocycles. The number of nitrogens with zero attached hydrogens (tertiary/aromatic N) is 3. The number of aromatic nitrogens is 1. The van der Waals surface area contributed by atoms with Crippen LogP contribution in [-0.2, 0) is 11.3 Å². The maximum atomic E-state index is 13.4. The molecule has 28 heavy (non-hydrogen) atoms. The minimum atomic E-state index is -0.270. The molecule has 0 spiro atoms. The first-order valence-electron chi connectivity index (χ1n) is 10.5. The third-order valence-corrected chi connectivity index (χ3v) is 5.91. The van der Waals surface area contributed by atoms with Crippen LogP contribution in [0.15, 0.2) is 34.9 Å². The van der Waals surface area contributed by atoms with Crippen LogP contribution in [0.1, 0.15) is 31.4 Å². The fourth-order valence-electron chi connectivity index (χ4n) is 4.22. The number of halogens is 1. The van der Waals surface area contributed by atoms with Crippen LogP contribution in [0.4, 0.5) is 4.39 Å². The highest BCUT2D eigenvalue weighted by Crippen LogP contribution is 2.24. The van der Waals surface area contributed by atoms with Crippen molar-refractivity contribution < 1.29 is 13.5 Å². The van der Waals surface area contributed by atoms with Gasteiger partial charge in [-0.3, -0.25) is 9.80 Å². The summed E-state index contributed by atoms with van der Waals surface area (Å²) in [7, 11) is 0. The molecule has 1 aromatic heterocycles. The summed E-state index contributed by atoms with van der Waals surface area (Å²) in [4.78, 5) is 9.52. The highest BCUT2D eigenvalue weighted by molar-refractivity contribution is 5.52. The van der Waals surface area contributed by atoms with Crippen LogP contribution >= 0.6 is 0 Å². The molecule has 4 rings (SSSR count). The lowest BCUT2D eigenvalue weighted by Crippen LogP contribution is -2.37. The fraction of sp³-hybridized carbons (Fsp3) is 0.591. The second-order valence-corrected chi connectivity index (χ2v) is 7.97. The van der Waals surface area contributed by atoms with E-state index in [-0.39, 0.29) is 5.82 Å². The van der Waals surface area contributed by atoms with E-state index in [4.69, 9.17) is 9.15 Å². The number of likely N-dealkylation sites (tertiary alicyclic amines) is 1. The summed E-state index contributed by atoms with van der Waals surface area (Å²) in [5.41, 5.74) is 1.61. The summed E-state index contributed by atoms with van der Waals surface area (Å²) >= 11 is 0. The highest BCUT2D eigenvalue weighted by Gasteiger charge is 2.21. The van der Waals surface area contributed by atoms with Gasteiger partial charge < -0.3 is 9.15 Å². The van der Waals surface area contributed by atoms with Gasteiger partial charge in [0.15, 0.2) is 0 Å². The van der Waals surface area contributed by atoms with Crippen LogP contribution in [-0.4, -0.2) is 60.7 Å². The van der Waals surface area contributed by atoms with Crippen molar-refractivity contribution in [1.29, 1.82) is 0 Å². The molecule has 0 radical (unpaired) electrons. The summed E-state index contributed by atoms with van der Waals surface area (Å²) in [6.07, 6.45) is 6.86. The van der Waals surface area contributed by atoms with Crippen LogP contribution in [0.3, 0.4) is 0 Å². The Hall–Kier alpha value is -1.76. The molecule has 0 bridgehead atoms. The number of morpholine rings is 1. The molecule has 6 heteroatoms. The Morgan fingerprint density at radius 3 is 2.68 bits per heavy atom. The van der Waals surface area contributed by atoms with E-state index in [9.17, 15) is 4.39 Å². The van der Waals surface area contributed by atoms with Crippen molar-refractivity contribution >= 4 is 0 Å². The predicted molar refractivity (Wildman–Crippen MR) is 106 cm³/mol. The monoisotopic (exact) mass is 387 g/mol. The Morgan fingerprint density at radius 2 is 1.89 bits per heavy atom. The smallest absolute Gasteiger partial charge is 0.226 e. The Labute approximate surface area is 166 Å². The first-order valence-corrected chi connectivity index (χ1v) is 10.5. The van der Waals surface area contributed by atoms with Crippen molar-refractivity contribution in [3.63, 3.8) is 0 Å². The van der Waals surface area contributed by atoms with Crippen molar-refractivity contribution in [3.05, 3.63) is 42.0 Å². The zero-order chi connectivity index (χ0) is 19.2. The topological polar surface area (TPSA) is 41.7 Å². The number of oxazole rings is 1. The van der Waals surface area contributed by atoms with Crippen LogP contribution in [0.25, 0.3) is 11.5 Å². The van der Waals surface area contributed by atoms with Crippen LogP contribution in [0.2, 0.25) is 0 Å². The molecule has 0 saturated carbocycles. The summed E-state index contributed by atoms with van der Waals surface area (Å²) in [6.45, 7) is 8.21. The largest absolute Gasteiger partial charge is 0.444 e. The molecule has 2 aliphatic rings. The van der Waals surface area contributed by atoms with Crippen LogP contribution in [0, 0.1) is 11.7 Å². The zero-order valence-electron chi connectivity index (χ0n) is 16.5. The second-order valence-electron chi connectivity index (χ2n) is 7.97. The van der Waals surface area contributed by atoms with Gasteiger partial charge in [0.1, 0.15) is 12.1 Å². The van der Waals surface area contributed by atoms with Crippen molar-refractivity contribution in [2.75, 3.05) is 45.9 Å². The Bertz CT molecular complexity index is 737. The molecule has 3 heterocycles. The number of hydrogen-bond donors (Lipinski definition) is 0. The summed E-state index contributed by atoms with van der Waals surface area (Å²) in [5.74, 6) is 1.07. The summed E-state index contributed by atoms with van der Waals surface area (Å²) in [5, 5.41) is 0. The van der Waals surface area contributed by atoms with Crippen LogP contribution < -0.4 is 0 Å². The lowest BCUT2D eigenvalue weighted by molar-refractivity contribution is 0.0361. The molecule has 2 fully saturated rings. The molecule has 2 aromatic rings. The van der Waals surface area contributed by atoms with Gasteiger partial charge in [-0.1, -0.05) is 6.07 Å². The van der Waals surface area contributed by atoms with Gasteiger partial charge in [-0.25, -0.2) is 9.37 Å². The summed E-state index contributed by atoms with van der Waals surface area (Å²) in [6, 6.07) is 6.38. The number of hydrogen-bond acceptors (Lipinski definition) is 5. The lowest BCUT2D eigenvalue weighted by Gasteiger charge is -2.32. The van der Waals surface area contributed by atoms with E-state index in [0.717, 1.165) is 57.5 Å². The zero-order valence-corrected chi connectivity index (χ0v) is 16.5. The van der Waals surface area contributed by atoms with Crippen molar-refractivity contribution in [3.8, 4) is 11.5 Å². The average Bonchev–Trinajstić information content (AvgIpc) is 3.19. The number of rotatable bonds is 7. The molecule has 152 valence electrons. The van der Waals surface area contributed by atoms with Crippen molar-refractivity contribution in [2.45, 2.75) is 32.2 Å². The minimum Gasteiger partial charge on any atom is -0.444 e. The van der Waals surface area contributed by atoms with Gasteiger partial charge in [-0.15, -0.1) is 0 Å². The quantitative estimate of drug-likeness (QED) is 0.723. The Balaban J connectivity index is 1.18. The molecule has 2 aliphatic heterocycles. The van der Waals surface area contributed by atoms with E-state index in [1.165, 1.54) is 44.4 Å². The van der Waals surface area contributed by atoms with E-state index in [1.54, 1.807) is 12.3 Å². The number of benzene rings is 1. The predicted octanol–water partition coefficient (Wildman–Crippen LogP) is 3.81. The molecular formula is C22H30FN3O2. The van der Waals surface area contributed by atoms with Gasteiger partial charge in [0, 0.05) is 25.2 Å². The highest BCUT2D eigenvalue weighted by atomic mass is 19.1. The van der Waals surface area contributed by atoms with Gasteiger partial charge in [0.25, 0.3) is 0 Å². The van der Waals surface area contributed by atoms with Gasteiger partial charge in [0.2, 0.25) is 5.89 Å². The van der Waals surface area contributed by atoms with E-state index >= 15 is 0 Å². The Morgan fingerprint density at radius 1 is 1.07 bits per heavy atom. The minimum absolute atomic E-state index is 0.270. The molecule has 0 amide bonds.